The zero-order chi connectivity index (χ0) is 16.8. The predicted octanol–water partition coefficient (Wildman–Crippen LogP) is 2.70. The minimum Gasteiger partial charge on any atom is -0.356 e. The van der Waals surface area contributed by atoms with E-state index in [4.69, 9.17) is 0 Å². The quantitative estimate of drug-likeness (QED) is 0.423. The smallest absolute Gasteiger partial charge is 0.191 e. The summed E-state index contributed by atoms with van der Waals surface area (Å²) in [5.74, 6) is 0.530. The molecule has 0 unspecified atom stereocenters. The first kappa shape index (κ1) is 20.4. The van der Waals surface area contributed by atoms with Gasteiger partial charge in [0.25, 0.3) is 0 Å². The molecule has 0 aliphatic rings. The van der Waals surface area contributed by atoms with Crippen molar-refractivity contribution in [2.75, 3.05) is 13.6 Å². The van der Waals surface area contributed by atoms with Crippen LogP contribution in [0.1, 0.15) is 22.5 Å². The second kappa shape index (κ2) is 9.61. The van der Waals surface area contributed by atoms with Crippen molar-refractivity contribution in [2.24, 2.45) is 12.0 Å². The van der Waals surface area contributed by atoms with Crippen molar-refractivity contribution in [2.45, 2.75) is 26.8 Å². The van der Waals surface area contributed by atoms with Crippen molar-refractivity contribution in [3.8, 4) is 0 Å². The van der Waals surface area contributed by atoms with Gasteiger partial charge in [-0.15, -0.1) is 24.0 Å². The number of halogens is 2. The summed E-state index contributed by atoms with van der Waals surface area (Å²) in [5.41, 5.74) is 4.02. The lowest BCUT2D eigenvalue weighted by atomic mass is 10.1. The number of hydrogen-bond donors (Lipinski definition) is 2. The minimum atomic E-state index is -0.168. The Morgan fingerprint density at radius 3 is 2.54 bits per heavy atom. The summed E-state index contributed by atoms with van der Waals surface area (Å²) in [5, 5.41) is 10.9. The number of rotatable bonds is 5. The lowest BCUT2D eigenvalue weighted by Crippen LogP contribution is -2.38. The molecule has 5 nitrogen and oxygen atoms in total. The van der Waals surface area contributed by atoms with Gasteiger partial charge >= 0.3 is 0 Å². The van der Waals surface area contributed by atoms with Gasteiger partial charge in [0.15, 0.2) is 5.96 Å². The molecule has 2 rings (SSSR count). The van der Waals surface area contributed by atoms with E-state index in [1.165, 1.54) is 11.6 Å². The van der Waals surface area contributed by atoms with Crippen molar-refractivity contribution in [1.82, 2.24) is 20.4 Å². The van der Waals surface area contributed by atoms with Gasteiger partial charge in [0.05, 0.1) is 5.69 Å². The largest absolute Gasteiger partial charge is 0.356 e. The first-order valence-corrected chi connectivity index (χ1v) is 7.70. The van der Waals surface area contributed by atoms with Crippen LogP contribution < -0.4 is 10.6 Å². The highest BCUT2D eigenvalue weighted by Crippen LogP contribution is 2.11. The lowest BCUT2D eigenvalue weighted by molar-refractivity contribution is 0.606. The molecule has 2 N–H and O–H groups in total. The molecule has 1 heterocycles. The topological polar surface area (TPSA) is 54.2 Å². The van der Waals surface area contributed by atoms with Crippen LogP contribution in [0.3, 0.4) is 0 Å². The zero-order valence-electron chi connectivity index (χ0n) is 14.6. The average Bonchev–Trinajstić information content (AvgIpc) is 2.78. The van der Waals surface area contributed by atoms with E-state index in [1.807, 2.05) is 31.6 Å². The Kier molecular flexibility index (Phi) is 8.17. The number of aliphatic imine (C=N–C) groups is 1. The van der Waals surface area contributed by atoms with Gasteiger partial charge in [-0.05, 0) is 31.9 Å². The fourth-order valence-electron chi connectivity index (χ4n) is 2.48. The molecule has 0 aliphatic carbocycles. The Labute approximate surface area is 159 Å². The van der Waals surface area contributed by atoms with E-state index in [2.05, 4.69) is 20.7 Å². The van der Waals surface area contributed by atoms with Gasteiger partial charge in [0, 0.05) is 38.4 Å². The fraction of sp³-hybridized carbons (Fsp3) is 0.412. The number of benzene rings is 1. The van der Waals surface area contributed by atoms with Crippen molar-refractivity contribution in [3.63, 3.8) is 0 Å². The number of guanidine groups is 1. The maximum atomic E-state index is 13.6. The number of hydrogen-bond acceptors (Lipinski definition) is 2. The minimum absolute atomic E-state index is 0. The summed E-state index contributed by atoms with van der Waals surface area (Å²) in [6, 6.07) is 6.83. The molecule has 0 amide bonds. The molecule has 24 heavy (non-hydrogen) atoms. The van der Waals surface area contributed by atoms with Gasteiger partial charge in [0.1, 0.15) is 5.82 Å². The number of nitrogens with one attached hydrogen (secondary N) is 2. The maximum absolute atomic E-state index is 13.6. The summed E-state index contributed by atoms with van der Waals surface area (Å²) in [6.07, 6.45) is 0.609. The van der Waals surface area contributed by atoms with Crippen molar-refractivity contribution in [3.05, 3.63) is 52.6 Å². The molecule has 0 spiro atoms. The van der Waals surface area contributed by atoms with E-state index in [-0.39, 0.29) is 29.8 Å². The van der Waals surface area contributed by atoms with Gasteiger partial charge in [0.2, 0.25) is 0 Å². The Morgan fingerprint density at radius 1 is 1.25 bits per heavy atom. The van der Waals surface area contributed by atoms with Gasteiger partial charge in [-0.3, -0.25) is 9.67 Å². The molecule has 0 radical (unpaired) electrons. The molecule has 0 saturated heterocycles. The predicted molar refractivity (Wildman–Crippen MR) is 106 cm³/mol. The molecule has 1 aromatic heterocycles. The Balaban J connectivity index is 0.00000288. The highest BCUT2D eigenvalue weighted by Gasteiger charge is 2.09. The highest BCUT2D eigenvalue weighted by molar-refractivity contribution is 14.0. The second-order valence-corrected chi connectivity index (χ2v) is 5.47. The normalized spacial score (nSPS) is 11.1. The van der Waals surface area contributed by atoms with Crippen LogP contribution in [0.4, 0.5) is 4.39 Å². The molecule has 1 aromatic carbocycles. The van der Waals surface area contributed by atoms with Crippen LogP contribution in [0.25, 0.3) is 0 Å². The van der Waals surface area contributed by atoms with Crippen molar-refractivity contribution < 1.29 is 4.39 Å². The van der Waals surface area contributed by atoms with Gasteiger partial charge in [-0.1, -0.05) is 18.2 Å². The Morgan fingerprint density at radius 2 is 1.96 bits per heavy atom. The zero-order valence-corrected chi connectivity index (χ0v) is 16.9. The monoisotopic (exact) mass is 445 g/mol. The number of aromatic nitrogens is 2. The molecule has 0 atom stereocenters. The van der Waals surface area contributed by atoms with E-state index < -0.39 is 0 Å². The third-order valence-corrected chi connectivity index (χ3v) is 3.96. The highest BCUT2D eigenvalue weighted by atomic mass is 127. The van der Waals surface area contributed by atoms with Crippen LogP contribution >= 0.6 is 24.0 Å². The first-order chi connectivity index (χ1) is 11.0. The summed E-state index contributed by atoms with van der Waals surface area (Å²) in [6.45, 7) is 5.32. The summed E-state index contributed by atoms with van der Waals surface area (Å²) >= 11 is 0. The van der Waals surface area contributed by atoms with Crippen LogP contribution in [-0.2, 0) is 20.0 Å². The second-order valence-electron chi connectivity index (χ2n) is 5.47. The van der Waals surface area contributed by atoms with Crippen LogP contribution in [0.2, 0.25) is 0 Å². The SMILES string of the molecule is CN=C(NCCc1ccccc1F)NCc1c(C)nn(C)c1C.I. The third kappa shape index (κ3) is 5.19. The van der Waals surface area contributed by atoms with Crippen molar-refractivity contribution >= 4 is 29.9 Å². The number of nitrogens with zero attached hydrogens (tertiary/aromatic N) is 3. The molecule has 132 valence electrons. The maximum Gasteiger partial charge on any atom is 0.191 e. The summed E-state index contributed by atoms with van der Waals surface area (Å²) in [7, 11) is 3.66. The molecule has 0 fully saturated rings. The van der Waals surface area contributed by atoms with Crippen LogP contribution in [0.5, 0.6) is 0 Å². The summed E-state index contributed by atoms with van der Waals surface area (Å²) < 4.78 is 15.4. The van der Waals surface area contributed by atoms with E-state index in [1.54, 1.807) is 19.2 Å². The molecule has 0 saturated carbocycles. The molecule has 7 heteroatoms. The standard InChI is InChI=1S/C17H24FN5.HI/c1-12-15(13(2)23(4)22-12)11-21-17(19-3)20-10-9-14-7-5-6-8-16(14)18;/h5-8H,9-11H2,1-4H3,(H2,19,20,21);1H. The molecule has 2 aromatic rings. The van der Waals surface area contributed by atoms with Gasteiger partial charge in [-0.2, -0.15) is 5.10 Å². The van der Waals surface area contributed by atoms with E-state index in [0.717, 1.165) is 11.4 Å². The number of aryl methyl sites for hydroxylation is 2. The fourth-order valence-corrected chi connectivity index (χ4v) is 2.48. The average molecular weight is 445 g/mol. The first-order valence-electron chi connectivity index (χ1n) is 7.70. The van der Waals surface area contributed by atoms with E-state index >= 15 is 0 Å². The molecule has 0 bridgehead atoms. The van der Waals surface area contributed by atoms with Gasteiger partial charge in [-0.25, -0.2) is 4.39 Å². The lowest BCUT2D eigenvalue weighted by Gasteiger charge is -2.12. The Bertz CT molecular complexity index is 696. The molecular weight excluding hydrogens is 420 g/mol. The van der Waals surface area contributed by atoms with Gasteiger partial charge < -0.3 is 10.6 Å². The Hall–Kier alpha value is -1.64. The van der Waals surface area contributed by atoms with Crippen LogP contribution in [-0.4, -0.2) is 29.3 Å². The van der Waals surface area contributed by atoms with E-state index in [0.29, 0.717) is 31.0 Å². The third-order valence-electron chi connectivity index (χ3n) is 3.96. The van der Waals surface area contributed by atoms with E-state index in [9.17, 15) is 4.39 Å². The van der Waals surface area contributed by atoms with Crippen LogP contribution in [0, 0.1) is 19.7 Å². The molecule has 0 aliphatic heterocycles. The molecular formula is C17H25FIN5. The van der Waals surface area contributed by atoms with Crippen molar-refractivity contribution in [1.29, 1.82) is 0 Å². The summed E-state index contributed by atoms with van der Waals surface area (Å²) in [4.78, 5) is 4.20. The van der Waals surface area contributed by atoms with Crippen LogP contribution in [0.15, 0.2) is 29.3 Å².